The van der Waals surface area contributed by atoms with Crippen LogP contribution in [0.15, 0.2) is 24.5 Å². The van der Waals surface area contributed by atoms with E-state index < -0.39 is 0 Å². The highest BCUT2D eigenvalue weighted by Crippen LogP contribution is 2.28. The summed E-state index contributed by atoms with van der Waals surface area (Å²) < 4.78 is 1.95. The Hall–Kier alpha value is -2.37. The second-order valence-corrected chi connectivity index (χ2v) is 6.10. The molecule has 114 valence electrons. The van der Waals surface area contributed by atoms with Gasteiger partial charge in [-0.25, -0.2) is 4.98 Å². The Labute approximate surface area is 128 Å². The van der Waals surface area contributed by atoms with Crippen molar-refractivity contribution in [1.29, 1.82) is 0 Å². The Morgan fingerprint density at radius 1 is 1.45 bits per heavy atom. The van der Waals surface area contributed by atoms with Crippen molar-refractivity contribution in [3.63, 3.8) is 0 Å². The normalized spacial score (nSPS) is 24.4. The Morgan fingerprint density at radius 2 is 2.32 bits per heavy atom. The minimum absolute atomic E-state index is 0.00523. The summed E-state index contributed by atoms with van der Waals surface area (Å²) in [7, 11) is 0. The first kappa shape index (κ1) is 13.3. The summed E-state index contributed by atoms with van der Waals surface area (Å²) in [5.74, 6) is 0.0336. The number of hydrogen-bond donors (Lipinski definition) is 1. The van der Waals surface area contributed by atoms with Gasteiger partial charge in [0.1, 0.15) is 5.65 Å². The Morgan fingerprint density at radius 3 is 3.18 bits per heavy atom. The van der Waals surface area contributed by atoms with Gasteiger partial charge >= 0.3 is 0 Å². The molecule has 22 heavy (non-hydrogen) atoms. The van der Waals surface area contributed by atoms with Gasteiger partial charge in [0, 0.05) is 36.7 Å². The Kier molecular flexibility index (Phi) is 2.92. The SMILES string of the molecule is Cc1cnc2cc(C(=O)N3CCC[C@H]4C(=O)NC[C@H]43)ccn12. The molecule has 2 fully saturated rings. The quantitative estimate of drug-likeness (QED) is 0.854. The fourth-order valence-electron chi connectivity index (χ4n) is 3.61. The van der Waals surface area contributed by atoms with E-state index in [1.165, 1.54) is 0 Å². The molecule has 2 aliphatic heterocycles. The lowest BCUT2D eigenvalue weighted by molar-refractivity contribution is -0.123. The summed E-state index contributed by atoms with van der Waals surface area (Å²) in [5, 5.41) is 2.88. The summed E-state index contributed by atoms with van der Waals surface area (Å²) >= 11 is 0. The number of aryl methyl sites for hydroxylation is 1. The van der Waals surface area contributed by atoms with E-state index in [0.29, 0.717) is 18.7 Å². The highest BCUT2D eigenvalue weighted by Gasteiger charge is 2.42. The molecular formula is C16H18N4O2. The lowest BCUT2D eigenvalue weighted by atomic mass is 9.91. The van der Waals surface area contributed by atoms with Crippen LogP contribution in [0.1, 0.15) is 28.9 Å². The number of pyridine rings is 1. The molecule has 2 amide bonds. The van der Waals surface area contributed by atoms with Crippen molar-refractivity contribution in [3.05, 3.63) is 35.8 Å². The van der Waals surface area contributed by atoms with Crippen molar-refractivity contribution in [2.75, 3.05) is 13.1 Å². The maximum absolute atomic E-state index is 12.8. The van der Waals surface area contributed by atoms with Crippen molar-refractivity contribution in [1.82, 2.24) is 19.6 Å². The standard InChI is InChI=1S/C16H18N4O2/c1-10-8-17-14-7-11(4-6-19(10)14)16(22)20-5-2-3-12-13(20)9-18-15(12)21/h4,6-8,12-13H,2-3,5,9H2,1H3,(H,18,21)/t12-,13-/m1/s1. The largest absolute Gasteiger partial charge is 0.354 e. The molecule has 6 nitrogen and oxygen atoms in total. The van der Waals surface area contributed by atoms with Gasteiger partial charge in [-0.05, 0) is 31.9 Å². The number of nitrogens with zero attached hydrogens (tertiary/aromatic N) is 3. The molecule has 0 aromatic carbocycles. The number of hydrogen-bond acceptors (Lipinski definition) is 3. The van der Waals surface area contributed by atoms with Crippen LogP contribution in [0.2, 0.25) is 0 Å². The number of rotatable bonds is 1. The lowest BCUT2D eigenvalue weighted by Crippen LogP contribution is -2.48. The van der Waals surface area contributed by atoms with Crippen molar-refractivity contribution in [2.24, 2.45) is 5.92 Å². The van der Waals surface area contributed by atoms with Gasteiger partial charge in [0.15, 0.2) is 0 Å². The zero-order valence-corrected chi connectivity index (χ0v) is 12.5. The molecule has 0 radical (unpaired) electrons. The molecule has 6 heteroatoms. The number of amides is 2. The van der Waals surface area contributed by atoms with E-state index in [1.807, 2.05) is 34.6 Å². The number of piperidine rings is 1. The van der Waals surface area contributed by atoms with Gasteiger partial charge in [0.25, 0.3) is 5.91 Å². The molecule has 2 aliphatic rings. The van der Waals surface area contributed by atoms with Gasteiger partial charge in [-0.2, -0.15) is 0 Å². The maximum atomic E-state index is 12.8. The highest BCUT2D eigenvalue weighted by atomic mass is 16.2. The van der Waals surface area contributed by atoms with Crippen LogP contribution in [0.5, 0.6) is 0 Å². The molecule has 0 saturated carbocycles. The van der Waals surface area contributed by atoms with Gasteiger partial charge in [-0.1, -0.05) is 0 Å². The molecule has 0 bridgehead atoms. The zero-order valence-electron chi connectivity index (χ0n) is 12.5. The van der Waals surface area contributed by atoms with Gasteiger partial charge < -0.3 is 14.6 Å². The van der Waals surface area contributed by atoms with E-state index in [0.717, 1.165) is 24.2 Å². The Bertz CT molecular complexity index is 767. The first-order valence-electron chi connectivity index (χ1n) is 7.67. The van der Waals surface area contributed by atoms with E-state index in [4.69, 9.17) is 0 Å². The molecule has 2 atom stereocenters. The molecule has 0 aliphatic carbocycles. The topological polar surface area (TPSA) is 66.7 Å². The number of aromatic nitrogens is 2. The maximum Gasteiger partial charge on any atom is 0.254 e. The molecule has 2 aromatic rings. The summed E-state index contributed by atoms with van der Waals surface area (Å²) in [5.41, 5.74) is 2.45. The lowest BCUT2D eigenvalue weighted by Gasteiger charge is -2.36. The van der Waals surface area contributed by atoms with Crippen molar-refractivity contribution < 1.29 is 9.59 Å². The molecule has 4 heterocycles. The van der Waals surface area contributed by atoms with Crippen LogP contribution in [0.4, 0.5) is 0 Å². The van der Waals surface area contributed by atoms with Crippen molar-refractivity contribution in [2.45, 2.75) is 25.8 Å². The smallest absolute Gasteiger partial charge is 0.254 e. The molecule has 1 N–H and O–H groups in total. The van der Waals surface area contributed by atoms with Crippen LogP contribution in [0.3, 0.4) is 0 Å². The number of carbonyl (C=O) groups is 2. The van der Waals surface area contributed by atoms with Gasteiger partial charge in [-0.15, -0.1) is 0 Å². The van der Waals surface area contributed by atoms with Gasteiger partial charge in [0.2, 0.25) is 5.91 Å². The minimum Gasteiger partial charge on any atom is -0.354 e. The van der Waals surface area contributed by atoms with E-state index in [-0.39, 0.29) is 23.8 Å². The number of nitrogens with one attached hydrogen (secondary N) is 1. The number of imidazole rings is 1. The predicted molar refractivity (Wildman–Crippen MR) is 80.5 cm³/mol. The van der Waals surface area contributed by atoms with E-state index >= 15 is 0 Å². The van der Waals surface area contributed by atoms with Gasteiger partial charge in [-0.3, -0.25) is 9.59 Å². The Balaban J connectivity index is 1.66. The van der Waals surface area contributed by atoms with E-state index in [9.17, 15) is 9.59 Å². The first-order chi connectivity index (χ1) is 10.6. The average Bonchev–Trinajstić information content (AvgIpc) is 3.10. The highest BCUT2D eigenvalue weighted by molar-refractivity contribution is 5.96. The average molecular weight is 298 g/mol. The van der Waals surface area contributed by atoms with Crippen molar-refractivity contribution >= 4 is 17.5 Å². The fourth-order valence-corrected chi connectivity index (χ4v) is 3.61. The van der Waals surface area contributed by atoms with E-state index in [2.05, 4.69) is 10.3 Å². The van der Waals surface area contributed by atoms with Crippen LogP contribution in [-0.4, -0.2) is 45.2 Å². The first-order valence-corrected chi connectivity index (χ1v) is 7.67. The molecule has 2 aromatic heterocycles. The second-order valence-electron chi connectivity index (χ2n) is 6.10. The number of likely N-dealkylation sites (tertiary alicyclic amines) is 1. The summed E-state index contributed by atoms with van der Waals surface area (Å²) in [4.78, 5) is 30.8. The molecule has 0 spiro atoms. The summed E-state index contributed by atoms with van der Waals surface area (Å²) in [6, 6.07) is 3.65. The molecule has 0 unspecified atom stereocenters. The summed E-state index contributed by atoms with van der Waals surface area (Å²) in [6.07, 6.45) is 5.42. The monoisotopic (exact) mass is 298 g/mol. The molecule has 2 saturated heterocycles. The molecule has 4 rings (SSSR count). The number of carbonyl (C=O) groups excluding carboxylic acids is 2. The third-order valence-corrected chi connectivity index (χ3v) is 4.81. The van der Waals surface area contributed by atoms with Crippen LogP contribution in [0, 0.1) is 12.8 Å². The summed E-state index contributed by atoms with van der Waals surface area (Å²) in [6.45, 7) is 3.26. The van der Waals surface area contributed by atoms with Crippen LogP contribution in [0.25, 0.3) is 5.65 Å². The van der Waals surface area contributed by atoms with Crippen LogP contribution >= 0.6 is 0 Å². The zero-order chi connectivity index (χ0) is 15.3. The minimum atomic E-state index is -0.0462. The third-order valence-electron chi connectivity index (χ3n) is 4.81. The van der Waals surface area contributed by atoms with Crippen LogP contribution in [-0.2, 0) is 4.79 Å². The van der Waals surface area contributed by atoms with E-state index in [1.54, 1.807) is 6.20 Å². The number of fused-ring (bicyclic) bond motifs is 2. The van der Waals surface area contributed by atoms with Crippen LogP contribution < -0.4 is 5.32 Å². The van der Waals surface area contributed by atoms with Gasteiger partial charge in [0.05, 0.1) is 12.0 Å². The van der Waals surface area contributed by atoms with Crippen molar-refractivity contribution in [3.8, 4) is 0 Å². The predicted octanol–water partition coefficient (Wildman–Crippen LogP) is 0.993. The molecular weight excluding hydrogens is 280 g/mol. The second kappa shape index (κ2) is 4.83. The fraction of sp³-hybridized carbons (Fsp3) is 0.438. The third kappa shape index (κ3) is 1.90.